The van der Waals surface area contributed by atoms with Gasteiger partial charge in [0.05, 0.1) is 0 Å². The first-order valence-corrected chi connectivity index (χ1v) is 8.25. The lowest BCUT2D eigenvalue weighted by molar-refractivity contribution is 0.174. The number of ether oxygens (including phenoxy) is 2. The number of anilines is 4. The molecule has 1 aliphatic heterocycles. The van der Waals surface area contributed by atoms with Crippen molar-refractivity contribution in [3.05, 3.63) is 59.9 Å². The molecule has 4 N–H and O–H groups in total. The largest absolute Gasteiger partial charge is 0.454 e. The molecule has 1 aliphatic rings. The lowest BCUT2D eigenvalue weighted by atomic mass is 10.1. The smallest absolute Gasteiger partial charge is 0.231 e. The number of hydrogen-bond acceptors (Lipinski definition) is 7. The fraction of sp³-hybridized carbons (Fsp3) is 0.158. The van der Waals surface area contributed by atoms with E-state index in [-0.39, 0.29) is 6.79 Å². The maximum absolute atomic E-state index is 6.23. The number of hydrogen-bond donors (Lipinski definition) is 3. The molecule has 1 aromatic heterocycles. The third-order valence-corrected chi connectivity index (χ3v) is 4.10. The molecule has 0 saturated heterocycles. The van der Waals surface area contributed by atoms with Gasteiger partial charge in [0.2, 0.25) is 6.79 Å². The molecule has 3 aromatic rings. The molecule has 7 nitrogen and oxygen atoms in total. The number of nitrogen functional groups attached to an aromatic ring is 1. The lowest BCUT2D eigenvalue weighted by Gasteiger charge is -2.13. The summed E-state index contributed by atoms with van der Waals surface area (Å²) in [5.41, 5.74) is 9.87. The van der Waals surface area contributed by atoms with E-state index in [2.05, 4.69) is 51.8 Å². The van der Waals surface area contributed by atoms with Gasteiger partial charge >= 0.3 is 0 Å². The van der Waals surface area contributed by atoms with Crippen LogP contribution in [0.1, 0.15) is 11.1 Å². The molecule has 2 aromatic carbocycles. The van der Waals surface area contributed by atoms with Crippen molar-refractivity contribution in [1.82, 2.24) is 9.97 Å². The van der Waals surface area contributed by atoms with Gasteiger partial charge in [-0.1, -0.05) is 29.8 Å². The van der Waals surface area contributed by atoms with Crippen molar-refractivity contribution in [3.63, 3.8) is 0 Å². The highest BCUT2D eigenvalue weighted by atomic mass is 16.7. The Kier molecular flexibility index (Phi) is 4.18. The molecule has 0 radical (unpaired) electrons. The molecule has 132 valence electrons. The molecule has 0 fully saturated rings. The van der Waals surface area contributed by atoms with E-state index in [1.165, 1.54) is 11.9 Å². The van der Waals surface area contributed by atoms with Crippen molar-refractivity contribution in [2.75, 3.05) is 23.2 Å². The van der Waals surface area contributed by atoms with Gasteiger partial charge in [-0.2, -0.15) is 0 Å². The van der Waals surface area contributed by atoms with Crippen LogP contribution in [0.4, 0.5) is 23.0 Å². The number of nitrogens with zero attached hydrogens (tertiary/aromatic N) is 2. The first-order valence-electron chi connectivity index (χ1n) is 8.25. The van der Waals surface area contributed by atoms with E-state index in [9.17, 15) is 0 Å². The van der Waals surface area contributed by atoms with Crippen LogP contribution in [0.3, 0.4) is 0 Å². The molecule has 0 spiro atoms. The van der Waals surface area contributed by atoms with E-state index >= 15 is 0 Å². The fourth-order valence-electron chi connectivity index (χ4n) is 2.64. The second kappa shape index (κ2) is 6.79. The predicted molar refractivity (Wildman–Crippen MR) is 101 cm³/mol. The molecule has 0 saturated carbocycles. The average Bonchev–Trinajstić information content (AvgIpc) is 3.11. The van der Waals surface area contributed by atoms with E-state index in [1.807, 2.05) is 18.2 Å². The van der Waals surface area contributed by atoms with Crippen LogP contribution in [0.15, 0.2) is 48.8 Å². The summed E-state index contributed by atoms with van der Waals surface area (Å²) in [5, 5.41) is 6.45. The van der Waals surface area contributed by atoms with Crippen LogP contribution < -0.4 is 25.8 Å². The third kappa shape index (κ3) is 3.32. The van der Waals surface area contributed by atoms with E-state index in [1.54, 1.807) is 0 Å². The Hall–Kier alpha value is -3.48. The van der Waals surface area contributed by atoms with Gasteiger partial charge in [0, 0.05) is 18.3 Å². The van der Waals surface area contributed by atoms with Crippen molar-refractivity contribution in [2.45, 2.75) is 13.5 Å². The van der Waals surface area contributed by atoms with Crippen LogP contribution in [-0.2, 0) is 6.54 Å². The molecule has 0 amide bonds. The second-order valence-electron chi connectivity index (χ2n) is 6.02. The number of fused-ring (bicyclic) bond motifs is 1. The van der Waals surface area contributed by atoms with Crippen LogP contribution in [0.25, 0.3) is 0 Å². The Bertz CT molecular complexity index is 928. The highest BCUT2D eigenvalue weighted by molar-refractivity contribution is 5.78. The van der Waals surface area contributed by atoms with Gasteiger partial charge in [-0.3, -0.25) is 0 Å². The summed E-state index contributed by atoms with van der Waals surface area (Å²) in [7, 11) is 0. The zero-order valence-electron chi connectivity index (χ0n) is 14.3. The SMILES string of the molecule is Cc1ccc(CNc2ncnc(Nc3ccc4c(c3)OCO4)c2N)cc1. The summed E-state index contributed by atoms with van der Waals surface area (Å²) >= 11 is 0. The van der Waals surface area contributed by atoms with Crippen molar-refractivity contribution in [1.29, 1.82) is 0 Å². The monoisotopic (exact) mass is 349 g/mol. The van der Waals surface area contributed by atoms with Gasteiger partial charge < -0.3 is 25.8 Å². The highest BCUT2D eigenvalue weighted by Gasteiger charge is 2.14. The minimum atomic E-state index is 0.238. The summed E-state index contributed by atoms with van der Waals surface area (Å²) in [6.45, 7) is 2.93. The highest BCUT2D eigenvalue weighted by Crippen LogP contribution is 2.35. The van der Waals surface area contributed by atoms with Crippen molar-refractivity contribution < 1.29 is 9.47 Å². The molecular formula is C19H19N5O2. The zero-order chi connectivity index (χ0) is 17.9. The Labute approximate surface area is 151 Å². The van der Waals surface area contributed by atoms with Crippen LogP contribution in [0.5, 0.6) is 11.5 Å². The molecule has 0 bridgehead atoms. The normalized spacial score (nSPS) is 12.0. The van der Waals surface area contributed by atoms with Gasteiger partial charge in [-0.25, -0.2) is 9.97 Å². The standard InChI is InChI=1S/C19H19N5O2/c1-12-2-4-13(5-3-12)9-21-18-17(20)19(23-10-22-18)24-14-6-7-15-16(8-14)26-11-25-15/h2-8,10H,9,11,20H2,1H3,(H2,21,22,23,24). The van der Waals surface area contributed by atoms with Crippen molar-refractivity contribution >= 4 is 23.0 Å². The lowest BCUT2D eigenvalue weighted by Crippen LogP contribution is -2.08. The first-order chi connectivity index (χ1) is 12.7. The molecule has 0 unspecified atom stereocenters. The average molecular weight is 349 g/mol. The number of rotatable bonds is 5. The molecule has 4 rings (SSSR count). The Morgan fingerprint density at radius 1 is 1.00 bits per heavy atom. The molecule has 2 heterocycles. The molecule has 0 aliphatic carbocycles. The van der Waals surface area contributed by atoms with Gasteiger partial charge in [0.25, 0.3) is 0 Å². The van der Waals surface area contributed by atoms with Crippen molar-refractivity contribution in [2.24, 2.45) is 0 Å². The van der Waals surface area contributed by atoms with Crippen LogP contribution >= 0.6 is 0 Å². The predicted octanol–water partition coefficient (Wildman–Crippen LogP) is 3.45. The van der Waals surface area contributed by atoms with Crippen LogP contribution in [0, 0.1) is 6.92 Å². The Morgan fingerprint density at radius 2 is 1.77 bits per heavy atom. The maximum Gasteiger partial charge on any atom is 0.231 e. The molecule has 0 atom stereocenters. The summed E-state index contributed by atoms with van der Waals surface area (Å²) in [4.78, 5) is 8.47. The van der Waals surface area contributed by atoms with Gasteiger partial charge in [-0.15, -0.1) is 0 Å². The summed E-state index contributed by atoms with van der Waals surface area (Å²) in [6, 6.07) is 13.9. The van der Waals surface area contributed by atoms with E-state index < -0.39 is 0 Å². The number of nitrogens with one attached hydrogen (secondary N) is 2. The quantitative estimate of drug-likeness (QED) is 0.649. The Morgan fingerprint density at radius 3 is 2.62 bits per heavy atom. The minimum absolute atomic E-state index is 0.238. The third-order valence-electron chi connectivity index (χ3n) is 4.10. The maximum atomic E-state index is 6.23. The topological polar surface area (TPSA) is 94.3 Å². The first kappa shape index (κ1) is 16.0. The van der Waals surface area contributed by atoms with Crippen LogP contribution in [-0.4, -0.2) is 16.8 Å². The molecule has 7 heteroatoms. The van der Waals surface area contributed by atoms with Crippen molar-refractivity contribution in [3.8, 4) is 11.5 Å². The summed E-state index contributed by atoms with van der Waals surface area (Å²) in [5.74, 6) is 2.54. The fourth-order valence-corrected chi connectivity index (χ4v) is 2.64. The summed E-state index contributed by atoms with van der Waals surface area (Å²) in [6.07, 6.45) is 1.48. The second-order valence-corrected chi connectivity index (χ2v) is 6.02. The Balaban J connectivity index is 1.49. The number of aromatic nitrogens is 2. The van der Waals surface area contributed by atoms with Gasteiger partial charge in [0.15, 0.2) is 23.1 Å². The van der Waals surface area contributed by atoms with Gasteiger partial charge in [0.1, 0.15) is 12.0 Å². The molecule has 26 heavy (non-hydrogen) atoms. The minimum Gasteiger partial charge on any atom is -0.454 e. The number of benzene rings is 2. The van der Waals surface area contributed by atoms with E-state index in [4.69, 9.17) is 15.2 Å². The summed E-state index contributed by atoms with van der Waals surface area (Å²) < 4.78 is 10.7. The number of aryl methyl sites for hydroxylation is 1. The zero-order valence-corrected chi connectivity index (χ0v) is 14.3. The van der Waals surface area contributed by atoms with E-state index in [0.717, 1.165) is 17.0 Å². The number of nitrogens with two attached hydrogens (primary N) is 1. The van der Waals surface area contributed by atoms with E-state index in [0.29, 0.717) is 29.6 Å². The van der Waals surface area contributed by atoms with Gasteiger partial charge in [-0.05, 0) is 24.6 Å². The van der Waals surface area contributed by atoms with Crippen LogP contribution in [0.2, 0.25) is 0 Å². The molecular weight excluding hydrogens is 330 g/mol.